The maximum absolute atomic E-state index is 11.9. The molecular formula is C17H25NO3. The highest BCUT2D eigenvalue weighted by molar-refractivity contribution is 5.77. The van der Waals surface area contributed by atoms with Gasteiger partial charge in [-0.25, -0.2) is 0 Å². The number of carbonyl (C=O) groups is 1. The first-order chi connectivity index (χ1) is 10.1. The van der Waals surface area contributed by atoms with E-state index in [4.69, 9.17) is 4.74 Å². The Bertz CT molecular complexity index is 467. The highest BCUT2D eigenvalue weighted by Crippen LogP contribution is 2.30. The van der Waals surface area contributed by atoms with E-state index >= 15 is 0 Å². The number of nitrogens with one attached hydrogen (secondary N) is 1. The van der Waals surface area contributed by atoms with E-state index in [1.165, 1.54) is 6.42 Å². The lowest BCUT2D eigenvalue weighted by Gasteiger charge is -2.31. The summed E-state index contributed by atoms with van der Waals surface area (Å²) in [6.07, 6.45) is 5.69. The van der Waals surface area contributed by atoms with Gasteiger partial charge in [0, 0.05) is 6.54 Å². The van der Waals surface area contributed by atoms with Gasteiger partial charge in [-0.1, -0.05) is 31.4 Å². The molecule has 1 amide bonds. The van der Waals surface area contributed by atoms with Crippen LogP contribution in [0.5, 0.6) is 5.75 Å². The van der Waals surface area contributed by atoms with Crippen LogP contribution in [0.15, 0.2) is 24.3 Å². The number of rotatable bonds is 6. The highest BCUT2D eigenvalue weighted by Gasteiger charge is 2.31. The van der Waals surface area contributed by atoms with Gasteiger partial charge >= 0.3 is 0 Å². The highest BCUT2D eigenvalue weighted by atomic mass is 16.5. The Morgan fingerprint density at radius 1 is 1.33 bits per heavy atom. The maximum Gasteiger partial charge on any atom is 0.222 e. The third kappa shape index (κ3) is 5.05. The van der Waals surface area contributed by atoms with Crippen LogP contribution < -0.4 is 10.1 Å². The summed E-state index contributed by atoms with van der Waals surface area (Å²) in [6, 6.07) is 7.84. The first-order valence-electron chi connectivity index (χ1n) is 7.73. The zero-order chi connectivity index (χ0) is 15.1. The van der Waals surface area contributed by atoms with Crippen molar-refractivity contribution in [2.45, 2.75) is 50.5 Å². The number of hydrogen-bond acceptors (Lipinski definition) is 3. The van der Waals surface area contributed by atoms with Gasteiger partial charge in [0.15, 0.2) is 0 Å². The zero-order valence-corrected chi connectivity index (χ0v) is 12.7. The van der Waals surface area contributed by atoms with Crippen molar-refractivity contribution in [1.82, 2.24) is 5.32 Å². The van der Waals surface area contributed by atoms with Crippen LogP contribution in [0.2, 0.25) is 0 Å². The van der Waals surface area contributed by atoms with Crippen molar-refractivity contribution in [1.29, 1.82) is 0 Å². The van der Waals surface area contributed by atoms with Gasteiger partial charge in [0.2, 0.25) is 5.91 Å². The lowest BCUT2D eigenvalue weighted by molar-refractivity contribution is -0.127. The van der Waals surface area contributed by atoms with Crippen LogP contribution in [0.25, 0.3) is 0 Å². The van der Waals surface area contributed by atoms with E-state index in [1.54, 1.807) is 7.11 Å². The molecular weight excluding hydrogens is 266 g/mol. The number of carbonyl (C=O) groups excluding carboxylic acids is 1. The lowest BCUT2D eigenvalue weighted by Crippen LogP contribution is -2.38. The molecule has 0 saturated heterocycles. The van der Waals surface area contributed by atoms with Gasteiger partial charge < -0.3 is 15.2 Å². The fourth-order valence-corrected chi connectivity index (χ4v) is 2.92. The van der Waals surface area contributed by atoms with Crippen molar-refractivity contribution in [3.63, 3.8) is 0 Å². The van der Waals surface area contributed by atoms with Crippen LogP contribution in [-0.2, 0) is 11.2 Å². The summed E-state index contributed by atoms with van der Waals surface area (Å²) in [7, 11) is 1.64. The molecule has 0 unspecified atom stereocenters. The molecule has 1 aromatic carbocycles. The van der Waals surface area contributed by atoms with E-state index in [9.17, 15) is 9.90 Å². The quantitative estimate of drug-likeness (QED) is 0.846. The first kappa shape index (κ1) is 15.8. The molecule has 0 aromatic heterocycles. The minimum atomic E-state index is -0.779. The van der Waals surface area contributed by atoms with Gasteiger partial charge in [-0.3, -0.25) is 4.79 Å². The standard InChI is InChI=1S/C17H25NO3/c1-21-15-7-5-6-14(12-15)8-11-18-16(19)13-17(20)9-3-2-4-10-17/h5-7,12,20H,2-4,8-11,13H2,1H3,(H,18,19). The third-order valence-electron chi connectivity index (χ3n) is 4.14. The summed E-state index contributed by atoms with van der Waals surface area (Å²) in [5.41, 5.74) is 0.351. The van der Waals surface area contributed by atoms with E-state index < -0.39 is 5.60 Å². The van der Waals surface area contributed by atoms with E-state index in [0.29, 0.717) is 6.54 Å². The molecule has 1 aliphatic rings. The van der Waals surface area contributed by atoms with Crippen LogP contribution >= 0.6 is 0 Å². The van der Waals surface area contributed by atoms with Gasteiger partial charge in [-0.15, -0.1) is 0 Å². The predicted octanol–water partition coefficient (Wildman–Crippen LogP) is 2.44. The first-order valence-corrected chi connectivity index (χ1v) is 7.73. The lowest BCUT2D eigenvalue weighted by atomic mass is 9.82. The molecule has 4 heteroatoms. The maximum atomic E-state index is 11.9. The van der Waals surface area contributed by atoms with Crippen LogP contribution in [0.3, 0.4) is 0 Å². The number of ether oxygens (including phenoxy) is 1. The number of aliphatic hydroxyl groups is 1. The molecule has 0 aliphatic heterocycles. The molecule has 4 nitrogen and oxygen atoms in total. The van der Waals surface area contributed by atoms with Gasteiger partial charge in [0.1, 0.15) is 5.75 Å². The summed E-state index contributed by atoms with van der Waals surface area (Å²) in [6.45, 7) is 0.585. The minimum absolute atomic E-state index is 0.0534. The Kier molecular flexibility index (Phi) is 5.62. The molecule has 1 saturated carbocycles. The average Bonchev–Trinajstić information content (AvgIpc) is 2.47. The molecule has 0 heterocycles. The van der Waals surface area contributed by atoms with Gasteiger partial charge in [0.05, 0.1) is 19.1 Å². The summed E-state index contributed by atoms with van der Waals surface area (Å²) < 4.78 is 5.18. The van der Waals surface area contributed by atoms with Crippen molar-refractivity contribution in [3.05, 3.63) is 29.8 Å². The van der Waals surface area contributed by atoms with Crippen molar-refractivity contribution >= 4 is 5.91 Å². The predicted molar refractivity (Wildman–Crippen MR) is 82.4 cm³/mol. The van der Waals surface area contributed by atoms with Gasteiger partial charge in [0.25, 0.3) is 0 Å². The molecule has 0 atom stereocenters. The van der Waals surface area contributed by atoms with Crippen molar-refractivity contribution in [2.75, 3.05) is 13.7 Å². The fourth-order valence-electron chi connectivity index (χ4n) is 2.92. The number of methoxy groups -OCH3 is 1. The smallest absolute Gasteiger partial charge is 0.222 e. The van der Waals surface area contributed by atoms with Crippen LogP contribution in [0.1, 0.15) is 44.1 Å². The largest absolute Gasteiger partial charge is 0.497 e. The van der Waals surface area contributed by atoms with E-state index in [0.717, 1.165) is 43.4 Å². The number of benzene rings is 1. The molecule has 0 spiro atoms. The fraction of sp³-hybridized carbons (Fsp3) is 0.588. The summed E-state index contributed by atoms with van der Waals surface area (Å²) >= 11 is 0. The monoisotopic (exact) mass is 291 g/mol. The molecule has 21 heavy (non-hydrogen) atoms. The SMILES string of the molecule is COc1cccc(CCNC(=O)CC2(O)CCCCC2)c1. The Labute approximate surface area is 126 Å². The van der Waals surface area contributed by atoms with Crippen molar-refractivity contribution < 1.29 is 14.6 Å². The van der Waals surface area contributed by atoms with E-state index in [2.05, 4.69) is 5.32 Å². The van der Waals surface area contributed by atoms with Crippen LogP contribution in [0.4, 0.5) is 0 Å². The topological polar surface area (TPSA) is 58.6 Å². The molecule has 116 valence electrons. The summed E-state index contributed by atoms with van der Waals surface area (Å²) in [5, 5.41) is 13.3. The van der Waals surface area contributed by atoms with Crippen LogP contribution in [-0.4, -0.2) is 30.3 Å². The summed E-state index contributed by atoms with van der Waals surface area (Å²) in [5.74, 6) is 0.776. The molecule has 1 fully saturated rings. The molecule has 1 aromatic rings. The second-order valence-corrected chi connectivity index (χ2v) is 5.91. The van der Waals surface area contributed by atoms with Gasteiger partial charge in [-0.2, -0.15) is 0 Å². The third-order valence-corrected chi connectivity index (χ3v) is 4.14. The molecule has 1 aliphatic carbocycles. The van der Waals surface area contributed by atoms with Crippen LogP contribution in [0, 0.1) is 0 Å². The Hall–Kier alpha value is -1.55. The second-order valence-electron chi connectivity index (χ2n) is 5.91. The zero-order valence-electron chi connectivity index (χ0n) is 12.7. The Morgan fingerprint density at radius 3 is 2.81 bits per heavy atom. The van der Waals surface area contributed by atoms with Crippen molar-refractivity contribution in [2.24, 2.45) is 0 Å². The number of amides is 1. The average molecular weight is 291 g/mol. The Morgan fingerprint density at radius 2 is 2.10 bits per heavy atom. The number of hydrogen-bond donors (Lipinski definition) is 2. The Balaban J connectivity index is 1.73. The molecule has 2 N–H and O–H groups in total. The molecule has 0 radical (unpaired) electrons. The van der Waals surface area contributed by atoms with Gasteiger partial charge in [-0.05, 0) is 37.0 Å². The molecule has 0 bridgehead atoms. The minimum Gasteiger partial charge on any atom is -0.497 e. The van der Waals surface area contributed by atoms with E-state index in [1.807, 2.05) is 24.3 Å². The van der Waals surface area contributed by atoms with Crippen molar-refractivity contribution in [3.8, 4) is 5.75 Å². The second kappa shape index (κ2) is 7.46. The molecule has 2 rings (SSSR count). The normalized spacial score (nSPS) is 17.2. The summed E-state index contributed by atoms with van der Waals surface area (Å²) in [4.78, 5) is 11.9. The van der Waals surface area contributed by atoms with E-state index in [-0.39, 0.29) is 12.3 Å².